The number of nitrogens with zero attached hydrogens (tertiary/aromatic N) is 2. The Morgan fingerprint density at radius 1 is 1.21 bits per heavy atom. The van der Waals surface area contributed by atoms with E-state index in [2.05, 4.69) is 15.6 Å². The van der Waals surface area contributed by atoms with Gasteiger partial charge in [-0.15, -0.1) is 24.0 Å². The molecule has 1 amide bonds. The molecule has 0 fully saturated rings. The summed E-state index contributed by atoms with van der Waals surface area (Å²) in [4.78, 5) is 18.4. The first kappa shape index (κ1) is 22.9. The van der Waals surface area contributed by atoms with E-state index in [9.17, 15) is 9.18 Å². The van der Waals surface area contributed by atoms with Crippen molar-refractivity contribution in [1.29, 1.82) is 0 Å². The lowest BCUT2D eigenvalue weighted by Gasteiger charge is -2.29. The third-order valence-corrected chi connectivity index (χ3v) is 4.31. The number of carbonyl (C=O) groups is 1. The summed E-state index contributed by atoms with van der Waals surface area (Å²) in [6.07, 6.45) is 0.754. The van der Waals surface area contributed by atoms with E-state index in [1.54, 1.807) is 11.0 Å². The van der Waals surface area contributed by atoms with Crippen LogP contribution in [0.2, 0.25) is 0 Å². The molecule has 2 N–H and O–H groups in total. The van der Waals surface area contributed by atoms with Crippen molar-refractivity contribution in [3.8, 4) is 5.75 Å². The lowest BCUT2D eigenvalue weighted by atomic mass is 10.2. The van der Waals surface area contributed by atoms with Crippen LogP contribution < -0.4 is 20.3 Å². The Balaban J connectivity index is 0.00000300. The Kier molecular flexibility index (Phi) is 9.17. The molecule has 0 bridgehead atoms. The van der Waals surface area contributed by atoms with Gasteiger partial charge in [0.25, 0.3) is 5.91 Å². The van der Waals surface area contributed by atoms with Gasteiger partial charge >= 0.3 is 0 Å². The van der Waals surface area contributed by atoms with Gasteiger partial charge in [0.1, 0.15) is 11.6 Å². The van der Waals surface area contributed by atoms with Crippen molar-refractivity contribution in [2.24, 2.45) is 4.99 Å². The predicted molar refractivity (Wildman–Crippen MR) is 124 cm³/mol. The second-order valence-electron chi connectivity index (χ2n) is 6.41. The predicted octanol–water partition coefficient (Wildman–Crippen LogP) is 3.31. The van der Waals surface area contributed by atoms with Crippen molar-refractivity contribution in [1.82, 2.24) is 10.6 Å². The van der Waals surface area contributed by atoms with Gasteiger partial charge in [0.2, 0.25) is 0 Å². The minimum Gasteiger partial charge on any atom is -0.482 e. The number of aliphatic imine (C=N–C) groups is 1. The second kappa shape index (κ2) is 11.6. The molecule has 0 saturated heterocycles. The van der Waals surface area contributed by atoms with Crippen LogP contribution in [0.4, 0.5) is 10.1 Å². The minimum absolute atomic E-state index is 0. The van der Waals surface area contributed by atoms with Crippen molar-refractivity contribution < 1.29 is 13.9 Å². The zero-order valence-electron chi connectivity index (χ0n) is 16.4. The largest absolute Gasteiger partial charge is 0.482 e. The summed E-state index contributed by atoms with van der Waals surface area (Å²) in [5.74, 6) is 1.10. The molecule has 29 heavy (non-hydrogen) atoms. The standard InChI is InChI=1S/C21H25FN4O2.HI/c1-2-23-21(25-14-16-7-5-8-17(22)13-16)24-11-6-12-26-18-9-3-4-10-19(18)28-15-20(26)27;/h3-5,7-10,13H,2,6,11-12,14-15H2,1H3,(H2,23,24,25);1H. The number of hydrogen-bond acceptors (Lipinski definition) is 3. The molecule has 0 aliphatic carbocycles. The molecule has 0 atom stereocenters. The molecule has 0 spiro atoms. The number of nitrogens with one attached hydrogen (secondary N) is 2. The van der Waals surface area contributed by atoms with E-state index in [0.717, 1.165) is 30.0 Å². The molecule has 2 aromatic rings. The number of benzene rings is 2. The topological polar surface area (TPSA) is 66.0 Å². The molecule has 1 aliphatic heterocycles. The van der Waals surface area contributed by atoms with Crippen LogP contribution in [0.3, 0.4) is 0 Å². The molecular weight excluding hydrogens is 486 g/mol. The molecule has 1 heterocycles. The average Bonchev–Trinajstić information content (AvgIpc) is 2.70. The molecule has 1 aliphatic rings. The maximum absolute atomic E-state index is 13.3. The number of amides is 1. The van der Waals surface area contributed by atoms with Crippen LogP contribution in [0.1, 0.15) is 18.9 Å². The Morgan fingerprint density at radius 2 is 2.03 bits per heavy atom. The number of para-hydroxylation sites is 2. The van der Waals surface area contributed by atoms with Gasteiger partial charge in [-0.1, -0.05) is 24.3 Å². The van der Waals surface area contributed by atoms with Crippen LogP contribution in [0.25, 0.3) is 0 Å². The number of guanidine groups is 1. The summed E-state index contributed by atoms with van der Waals surface area (Å²) in [7, 11) is 0. The quantitative estimate of drug-likeness (QED) is 0.259. The number of rotatable bonds is 7. The van der Waals surface area contributed by atoms with Gasteiger partial charge in [-0.3, -0.25) is 4.79 Å². The normalized spacial score (nSPS) is 13.2. The summed E-state index contributed by atoms with van der Waals surface area (Å²) < 4.78 is 18.7. The fourth-order valence-corrected chi connectivity index (χ4v) is 2.99. The monoisotopic (exact) mass is 512 g/mol. The molecule has 2 aromatic carbocycles. The highest BCUT2D eigenvalue weighted by Gasteiger charge is 2.24. The van der Waals surface area contributed by atoms with Crippen LogP contribution >= 0.6 is 24.0 Å². The first-order valence-electron chi connectivity index (χ1n) is 9.46. The van der Waals surface area contributed by atoms with Crippen molar-refractivity contribution >= 4 is 41.5 Å². The first-order valence-corrected chi connectivity index (χ1v) is 9.46. The number of hydrogen-bond donors (Lipinski definition) is 2. The van der Waals surface area contributed by atoms with Crippen molar-refractivity contribution in [2.45, 2.75) is 19.9 Å². The third-order valence-electron chi connectivity index (χ3n) is 4.31. The number of ether oxygens (including phenoxy) is 1. The molecule has 0 unspecified atom stereocenters. The van der Waals surface area contributed by atoms with Crippen LogP contribution in [0.5, 0.6) is 5.75 Å². The zero-order valence-corrected chi connectivity index (χ0v) is 18.7. The van der Waals surface area contributed by atoms with E-state index in [4.69, 9.17) is 4.74 Å². The third kappa shape index (κ3) is 6.59. The molecule has 0 saturated carbocycles. The van der Waals surface area contributed by atoms with Gasteiger partial charge in [-0.05, 0) is 43.2 Å². The maximum Gasteiger partial charge on any atom is 0.265 e. The van der Waals surface area contributed by atoms with Gasteiger partial charge in [-0.2, -0.15) is 0 Å². The smallest absolute Gasteiger partial charge is 0.265 e. The van der Waals surface area contributed by atoms with E-state index >= 15 is 0 Å². The van der Waals surface area contributed by atoms with Crippen molar-refractivity contribution in [3.05, 3.63) is 59.9 Å². The summed E-state index contributed by atoms with van der Waals surface area (Å²) in [5.41, 5.74) is 1.62. The van der Waals surface area contributed by atoms with E-state index in [1.165, 1.54) is 12.1 Å². The Bertz CT molecular complexity index is 847. The van der Waals surface area contributed by atoms with Gasteiger partial charge in [0.05, 0.1) is 12.2 Å². The highest BCUT2D eigenvalue weighted by atomic mass is 127. The van der Waals surface area contributed by atoms with E-state index in [0.29, 0.717) is 25.6 Å². The lowest BCUT2D eigenvalue weighted by Crippen LogP contribution is -2.42. The molecule has 6 nitrogen and oxygen atoms in total. The molecular formula is C21H26FIN4O2. The Labute approximate surface area is 187 Å². The summed E-state index contributed by atoms with van der Waals surface area (Å²) in [5, 5.41) is 6.43. The molecule has 8 heteroatoms. The lowest BCUT2D eigenvalue weighted by molar-refractivity contribution is -0.121. The second-order valence-corrected chi connectivity index (χ2v) is 6.41. The summed E-state index contributed by atoms with van der Waals surface area (Å²) in [6, 6.07) is 14.0. The SMILES string of the molecule is CCNC(=NCc1cccc(F)c1)NCCCN1C(=O)COc2ccccc21.I. The van der Waals surface area contributed by atoms with Crippen LogP contribution in [0, 0.1) is 5.82 Å². The van der Waals surface area contributed by atoms with Gasteiger partial charge in [-0.25, -0.2) is 9.38 Å². The first-order chi connectivity index (χ1) is 13.7. The number of halogens is 2. The molecule has 0 aromatic heterocycles. The fraction of sp³-hybridized carbons (Fsp3) is 0.333. The Morgan fingerprint density at radius 3 is 2.83 bits per heavy atom. The summed E-state index contributed by atoms with van der Waals surface area (Å²) >= 11 is 0. The molecule has 156 valence electrons. The van der Waals surface area contributed by atoms with E-state index in [-0.39, 0.29) is 42.3 Å². The van der Waals surface area contributed by atoms with Gasteiger partial charge in [0, 0.05) is 19.6 Å². The number of fused-ring (bicyclic) bond motifs is 1. The average molecular weight is 512 g/mol. The summed E-state index contributed by atoms with van der Waals surface area (Å²) in [6.45, 7) is 4.43. The molecule has 3 rings (SSSR count). The Hall–Kier alpha value is -2.36. The van der Waals surface area contributed by atoms with E-state index in [1.807, 2.05) is 37.3 Å². The van der Waals surface area contributed by atoms with Crippen LogP contribution in [0.15, 0.2) is 53.5 Å². The number of anilines is 1. The van der Waals surface area contributed by atoms with E-state index < -0.39 is 0 Å². The van der Waals surface area contributed by atoms with Gasteiger partial charge < -0.3 is 20.3 Å². The number of carbonyl (C=O) groups excluding carboxylic acids is 1. The highest BCUT2D eigenvalue weighted by molar-refractivity contribution is 14.0. The minimum atomic E-state index is -0.263. The van der Waals surface area contributed by atoms with Crippen molar-refractivity contribution in [2.75, 3.05) is 31.1 Å². The van der Waals surface area contributed by atoms with Crippen LogP contribution in [-0.4, -0.2) is 38.1 Å². The van der Waals surface area contributed by atoms with Gasteiger partial charge in [0.15, 0.2) is 12.6 Å². The zero-order chi connectivity index (χ0) is 19.8. The molecule has 0 radical (unpaired) electrons. The van der Waals surface area contributed by atoms with Crippen LogP contribution in [-0.2, 0) is 11.3 Å². The van der Waals surface area contributed by atoms with Crippen molar-refractivity contribution in [3.63, 3.8) is 0 Å². The fourth-order valence-electron chi connectivity index (χ4n) is 2.99. The highest BCUT2D eigenvalue weighted by Crippen LogP contribution is 2.31. The maximum atomic E-state index is 13.3.